The molecule has 3 nitrogen and oxygen atoms in total. The van der Waals surface area contributed by atoms with Gasteiger partial charge in [0.15, 0.2) is 0 Å². The van der Waals surface area contributed by atoms with Gasteiger partial charge in [0.2, 0.25) is 0 Å². The average molecular weight is 375 g/mol. The van der Waals surface area contributed by atoms with Crippen molar-refractivity contribution in [2.75, 3.05) is 5.32 Å². The number of hydrogen-bond donors (Lipinski definition) is 1. The Balaban J connectivity index is 1.64. The highest BCUT2D eigenvalue weighted by Gasteiger charge is 2.11. The smallest absolute Gasteiger partial charge is 0.0860 e. The lowest BCUT2D eigenvalue weighted by Gasteiger charge is -2.12. The van der Waals surface area contributed by atoms with Crippen LogP contribution in [-0.4, -0.2) is 10.8 Å². The fourth-order valence-corrected chi connectivity index (χ4v) is 3.91. The van der Waals surface area contributed by atoms with E-state index in [0.29, 0.717) is 0 Å². The van der Waals surface area contributed by atoms with Crippen molar-refractivity contribution in [1.29, 1.82) is 0 Å². The first-order valence-corrected chi connectivity index (χ1v) is 9.78. The summed E-state index contributed by atoms with van der Waals surface area (Å²) in [6.07, 6.45) is 1.81. The number of fused-ring (bicyclic) bond motifs is 3. The highest BCUT2D eigenvalue weighted by atomic mass is 15.0. The number of rotatable bonds is 4. The number of hydrogen-bond acceptors (Lipinski definition) is 2. The molecule has 0 fully saturated rings. The number of anilines is 2. The van der Waals surface area contributed by atoms with Gasteiger partial charge in [0.1, 0.15) is 0 Å². The second kappa shape index (κ2) is 7.28. The van der Waals surface area contributed by atoms with E-state index in [-0.39, 0.29) is 0 Å². The zero-order valence-electron chi connectivity index (χ0n) is 16.2. The fourth-order valence-electron chi connectivity index (χ4n) is 3.91. The molecule has 0 spiro atoms. The quantitative estimate of drug-likeness (QED) is 0.329. The number of nitrogens with zero attached hydrogens (tertiary/aromatic N) is 2. The first kappa shape index (κ1) is 17.3. The van der Waals surface area contributed by atoms with Gasteiger partial charge in [-0.1, -0.05) is 54.6 Å². The van der Waals surface area contributed by atoms with Crippen molar-refractivity contribution in [2.45, 2.75) is 6.92 Å². The Bertz CT molecular complexity index is 1290. The summed E-state index contributed by atoms with van der Waals surface area (Å²) in [4.78, 5) is 4.46. The summed E-state index contributed by atoms with van der Waals surface area (Å²) < 4.78 is 2.33. The highest BCUT2D eigenvalue weighted by molar-refractivity contribution is 6.09. The molecule has 0 amide bonds. The summed E-state index contributed by atoms with van der Waals surface area (Å²) in [5.74, 6) is 0. The summed E-state index contributed by atoms with van der Waals surface area (Å²) in [5.41, 5.74) is 6.50. The summed E-state index contributed by atoms with van der Waals surface area (Å²) in [6.45, 7) is 1.93. The van der Waals surface area contributed by atoms with Gasteiger partial charge < -0.3 is 9.88 Å². The van der Waals surface area contributed by atoms with Crippen LogP contribution in [0.1, 0.15) is 6.92 Å². The minimum Gasteiger partial charge on any atom is -0.354 e. The van der Waals surface area contributed by atoms with Gasteiger partial charge in [-0.15, -0.1) is 0 Å². The van der Waals surface area contributed by atoms with Crippen molar-refractivity contribution >= 4 is 45.1 Å². The summed E-state index contributed by atoms with van der Waals surface area (Å²) >= 11 is 0. The second-order valence-corrected chi connectivity index (χ2v) is 6.95. The third-order valence-corrected chi connectivity index (χ3v) is 5.14. The van der Waals surface area contributed by atoms with Crippen molar-refractivity contribution in [2.24, 2.45) is 4.99 Å². The van der Waals surface area contributed by atoms with Crippen molar-refractivity contribution < 1.29 is 0 Å². The maximum Gasteiger partial charge on any atom is 0.0860 e. The Morgan fingerprint density at radius 1 is 0.724 bits per heavy atom. The van der Waals surface area contributed by atoms with Gasteiger partial charge in [-0.05, 0) is 49.4 Å². The Morgan fingerprint density at radius 2 is 1.38 bits per heavy atom. The molecule has 0 aliphatic carbocycles. The molecular formula is C26H21N3. The zero-order valence-corrected chi connectivity index (χ0v) is 16.2. The van der Waals surface area contributed by atoms with Gasteiger partial charge in [-0.2, -0.15) is 0 Å². The SMILES string of the molecule is CC=Nc1ccccc1Nc1cccc(-n2c3ccccc3c3ccccc32)c1. The van der Waals surface area contributed by atoms with Crippen LogP contribution in [0.4, 0.5) is 17.1 Å². The molecule has 0 aliphatic rings. The molecule has 29 heavy (non-hydrogen) atoms. The molecule has 3 heteroatoms. The third kappa shape index (κ3) is 3.07. The van der Waals surface area contributed by atoms with E-state index in [4.69, 9.17) is 0 Å². The van der Waals surface area contributed by atoms with Gasteiger partial charge in [0.05, 0.1) is 22.4 Å². The molecule has 1 heterocycles. The summed E-state index contributed by atoms with van der Waals surface area (Å²) in [5, 5.41) is 6.06. The van der Waals surface area contributed by atoms with E-state index in [1.54, 1.807) is 0 Å². The van der Waals surface area contributed by atoms with Gasteiger partial charge in [-0.3, -0.25) is 4.99 Å². The number of nitrogens with one attached hydrogen (secondary N) is 1. The maximum absolute atomic E-state index is 4.46. The van der Waals surface area contributed by atoms with Crippen molar-refractivity contribution in [3.63, 3.8) is 0 Å². The Hall–Kier alpha value is -3.85. The van der Waals surface area contributed by atoms with Gasteiger partial charge in [-0.25, -0.2) is 0 Å². The predicted octanol–water partition coefficient (Wildman–Crippen LogP) is 7.25. The van der Waals surface area contributed by atoms with Crippen LogP contribution in [0.2, 0.25) is 0 Å². The highest BCUT2D eigenvalue weighted by Crippen LogP contribution is 2.33. The molecule has 1 N–H and O–H groups in total. The molecule has 0 atom stereocenters. The maximum atomic E-state index is 4.46. The van der Waals surface area contributed by atoms with Crippen molar-refractivity contribution in [3.05, 3.63) is 97.1 Å². The molecule has 140 valence electrons. The lowest BCUT2D eigenvalue weighted by atomic mass is 10.2. The van der Waals surface area contributed by atoms with Gasteiger partial charge in [0, 0.05) is 28.4 Å². The Morgan fingerprint density at radius 3 is 2.10 bits per heavy atom. The minimum atomic E-state index is 0.928. The average Bonchev–Trinajstić information content (AvgIpc) is 3.10. The molecule has 1 aromatic heterocycles. The molecule has 0 radical (unpaired) electrons. The van der Waals surface area contributed by atoms with E-state index in [9.17, 15) is 0 Å². The number of aromatic nitrogens is 1. The van der Waals surface area contributed by atoms with Crippen LogP contribution in [-0.2, 0) is 0 Å². The third-order valence-electron chi connectivity index (χ3n) is 5.14. The van der Waals surface area contributed by atoms with Gasteiger partial charge in [0.25, 0.3) is 0 Å². The molecule has 0 unspecified atom stereocenters. The summed E-state index contributed by atoms with van der Waals surface area (Å²) in [6, 6.07) is 33.7. The molecular weight excluding hydrogens is 354 g/mol. The normalized spacial score (nSPS) is 11.5. The van der Waals surface area contributed by atoms with E-state index in [1.165, 1.54) is 21.8 Å². The van der Waals surface area contributed by atoms with Crippen LogP contribution in [0.3, 0.4) is 0 Å². The van der Waals surface area contributed by atoms with E-state index < -0.39 is 0 Å². The van der Waals surface area contributed by atoms with E-state index in [2.05, 4.69) is 93.7 Å². The van der Waals surface area contributed by atoms with E-state index in [1.807, 2.05) is 31.3 Å². The largest absolute Gasteiger partial charge is 0.354 e. The lowest BCUT2D eigenvalue weighted by molar-refractivity contribution is 1.18. The second-order valence-electron chi connectivity index (χ2n) is 6.95. The van der Waals surface area contributed by atoms with E-state index in [0.717, 1.165) is 22.7 Å². The van der Waals surface area contributed by atoms with Crippen LogP contribution < -0.4 is 5.32 Å². The molecule has 4 aromatic carbocycles. The molecule has 0 saturated carbocycles. The molecule has 0 saturated heterocycles. The van der Waals surface area contributed by atoms with Gasteiger partial charge >= 0.3 is 0 Å². The van der Waals surface area contributed by atoms with Crippen molar-refractivity contribution in [1.82, 2.24) is 4.57 Å². The van der Waals surface area contributed by atoms with E-state index >= 15 is 0 Å². The number of aliphatic imine (C=N–C) groups is 1. The number of benzene rings is 4. The monoisotopic (exact) mass is 375 g/mol. The van der Waals surface area contributed by atoms with Crippen LogP contribution in [0.25, 0.3) is 27.5 Å². The van der Waals surface area contributed by atoms with Crippen LogP contribution in [0.5, 0.6) is 0 Å². The van der Waals surface area contributed by atoms with Crippen LogP contribution in [0.15, 0.2) is 102 Å². The van der Waals surface area contributed by atoms with Crippen molar-refractivity contribution in [3.8, 4) is 5.69 Å². The lowest BCUT2D eigenvalue weighted by Crippen LogP contribution is -1.96. The topological polar surface area (TPSA) is 29.3 Å². The Labute approximate surface area is 170 Å². The predicted molar refractivity (Wildman–Crippen MR) is 124 cm³/mol. The fraction of sp³-hybridized carbons (Fsp3) is 0.0385. The molecule has 5 rings (SSSR count). The standard InChI is InChI=1S/C26H21N3/c1-2-27-23-14-5-6-15-24(23)28-19-10-9-11-20(18-19)29-25-16-7-3-12-21(25)22-13-4-8-17-26(22)29/h2-18,28H,1H3. The first-order valence-electron chi connectivity index (χ1n) is 9.78. The Kier molecular flexibility index (Phi) is 4.34. The van der Waals surface area contributed by atoms with Crippen LogP contribution >= 0.6 is 0 Å². The molecule has 5 aromatic rings. The first-order chi connectivity index (χ1) is 14.3. The van der Waals surface area contributed by atoms with Crippen LogP contribution in [0, 0.1) is 0 Å². The molecule has 0 aliphatic heterocycles. The number of para-hydroxylation sites is 4. The molecule has 0 bridgehead atoms. The summed E-state index contributed by atoms with van der Waals surface area (Å²) in [7, 11) is 0. The zero-order chi connectivity index (χ0) is 19.6. The minimum absolute atomic E-state index is 0.928.